The number of ether oxygens (including phenoxy) is 2. The number of hydrogen-bond acceptors (Lipinski definition) is 4. The van der Waals surface area contributed by atoms with E-state index in [0.717, 1.165) is 17.0 Å². The SMILES string of the molecule is COc1ccc(COC(CN)c2ccccn2)cc1. The summed E-state index contributed by atoms with van der Waals surface area (Å²) in [6.07, 6.45) is 1.57. The van der Waals surface area contributed by atoms with Crippen LogP contribution < -0.4 is 10.5 Å². The summed E-state index contributed by atoms with van der Waals surface area (Å²) in [7, 11) is 1.65. The normalized spacial score (nSPS) is 12.1. The van der Waals surface area contributed by atoms with Gasteiger partial charge in [0.2, 0.25) is 0 Å². The minimum atomic E-state index is -0.177. The lowest BCUT2D eigenvalue weighted by molar-refractivity contribution is 0.0428. The second-order valence-electron chi connectivity index (χ2n) is 4.14. The van der Waals surface area contributed by atoms with Gasteiger partial charge >= 0.3 is 0 Å². The fourth-order valence-corrected chi connectivity index (χ4v) is 1.76. The molecular formula is C15H18N2O2. The smallest absolute Gasteiger partial charge is 0.118 e. The predicted molar refractivity (Wildman–Crippen MR) is 73.8 cm³/mol. The molecule has 0 radical (unpaired) electrons. The van der Waals surface area contributed by atoms with E-state index in [1.54, 1.807) is 13.3 Å². The first-order valence-corrected chi connectivity index (χ1v) is 6.19. The maximum Gasteiger partial charge on any atom is 0.118 e. The van der Waals surface area contributed by atoms with Gasteiger partial charge < -0.3 is 15.2 Å². The Morgan fingerprint density at radius 2 is 1.95 bits per heavy atom. The van der Waals surface area contributed by atoms with Crippen molar-refractivity contribution >= 4 is 0 Å². The van der Waals surface area contributed by atoms with Gasteiger partial charge in [0.15, 0.2) is 0 Å². The van der Waals surface area contributed by atoms with E-state index in [0.29, 0.717) is 13.2 Å². The number of pyridine rings is 1. The molecule has 1 heterocycles. The van der Waals surface area contributed by atoms with Crippen molar-refractivity contribution in [3.05, 3.63) is 59.9 Å². The monoisotopic (exact) mass is 258 g/mol. The van der Waals surface area contributed by atoms with Gasteiger partial charge in [0, 0.05) is 12.7 Å². The standard InChI is InChI=1S/C15H18N2O2/c1-18-13-7-5-12(6-8-13)11-19-15(10-16)14-4-2-3-9-17-14/h2-9,15H,10-11,16H2,1H3. The molecule has 0 amide bonds. The highest BCUT2D eigenvalue weighted by Gasteiger charge is 2.11. The lowest BCUT2D eigenvalue weighted by Gasteiger charge is -2.15. The van der Waals surface area contributed by atoms with E-state index in [4.69, 9.17) is 15.2 Å². The van der Waals surface area contributed by atoms with Crippen LogP contribution in [0.5, 0.6) is 5.75 Å². The third kappa shape index (κ3) is 3.77. The second kappa shape index (κ2) is 6.87. The molecule has 0 aliphatic rings. The van der Waals surface area contributed by atoms with E-state index in [-0.39, 0.29) is 6.10 Å². The molecule has 2 rings (SSSR count). The highest BCUT2D eigenvalue weighted by atomic mass is 16.5. The molecule has 2 aromatic rings. The third-order valence-corrected chi connectivity index (χ3v) is 2.84. The molecule has 0 saturated heterocycles. The van der Waals surface area contributed by atoms with Crippen LogP contribution in [-0.4, -0.2) is 18.6 Å². The molecule has 1 aromatic carbocycles. The Balaban J connectivity index is 1.96. The van der Waals surface area contributed by atoms with Gasteiger partial charge in [-0.3, -0.25) is 4.98 Å². The largest absolute Gasteiger partial charge is 0.497 e. The van der Waals surface area contributed by atoms with E-state index in [2.05, 4.69) is 4.98 Å². The summed E-state index contributed by atoms with van der Waals surface area (Å²) in [4.78, 5) is 4.26. The summed E-state index contributed by atoms with van der Waals surface area (Å²) in [5.74, 6) is 0.837. The Morgan fingerprint density at radius 1 is 1.16 bits per heavy atom. The van der Waals surface area contributed by atoms with E-state index < -0.39 is 0 Å². The van der Waals surface area contributed by atoms with E-state index in [1.807, 2.05) is 42.5 Å². The molecule has 0 spiro atoms. The summed E-state index contributed by atoms with van der Waals surface area (Å²) in [5.41, 5.74) is 7.67. The summed E-state index contributed by atoms with van der Waals surface area (Å²) in [6.45, 7) is 0.912. The van der Waals surface area contributed by atoms with Crippen molar-refractivity contribution in [2.75, 3.05) is 13.7 Å². The Kier molecular flexibility index (Phi) is 4.89. The van der Waals surface area contributed by atoms with Crippen LogP contribution in [0.4, 0.5) is 0 Å². The molecule has 0 fully saturated rings. The van der Waals surface area contributed by atoms with Crippen LogP contribution in [-0.2, 0) is 11.3 Å². The Labute approximate surface area is 113 Å². The molecule has 0 bridgehead atoms. The Morgan fingerprint density at radius 3 is 2.53 bits per heavy atom. The van der Waals surface area contributed by atoms with E-state index >= 15 is 0 Å². The first-order chi connectivity index (χ1) is 9.33. The number of hydrogen-bond donors (Lipinski definition) is 1. The number of nitrogens with zero attached hydrogens (tertiary/aromatic N) is 1. The zero-order valence-electron chi connectivity index (χ0n) is 11.0. The van der Waals surface area contributed by atoms with Crippen molar-refractivity contribution < 1.29 is 9.47 Å². The average Bonchev–Trinajstić information content (AvgIpc) is 2.49. The molecule has 1 atom stereocenters. The van der Waals surface area contributed by atoms with Gasteiger partial charge in [0.05, 0.1) is 19.4 Å². The highest BCUT2D eigenvalue weighted by molar-refractivity contribution is 5.26. The number of benzene rings is 1. The summed E-state index contributed by atoms with van der Waals surface area (Å²) in [6, 6.07) is 13.5. The van der Waals surface area contributed by atoms with Crippen molar-refractivity contribution in [3.8, 4) is 5.75 Å². The van der Waals surface area contributed by atoms with Gasteiger partial charge in [-0.25, -0.2) is 0 Å². The summed E-state index contributed by atoms with van der Waals surface area (Å²) < 4.78 is 10.9. The maximum atomic E-state index is 5.81. The highest BCUT2D eigenvalue weighted by Crippen LogP contribution is 2.17. The first kappa shape index (κ1) is 13.5. The lowest BCUT2D eigenvalue weighted by Crippen LogP contribution is -2.16. The fourth-order valence-electron chi connectivity index (χ4n) is 1.76. The van der Waals surface area contributed by atoms with Gasteiger partial charge in [-0.05, 0) is 29.8 Å². The van der Waals surface area contributed by atoms with Gasteiger partial charge in [-0.15, -0.1) is 0 Å². The van der Waals surface area contributed by atoms with Crippen LogP contribution in [0.25, 0.3) is 0 Å². The minimum absolute atomic E-state index is 0.177. The molecule has 19 heavy (non-hydrogen) atoms. The molecule has 4 nitrogen and oxygen atoms in total. The minimum Gasteiger partial charge on any atom is -0.497 e. The van der Waals surface area contributed by atoms with E-state index in [9.17, 15) is 0 Å². The molecule has 1 aromatic heterocycles. The second-order valence-corrected chi connectivity index (χ2v) is 4.14. The van der Waals surface area contributed by atoms with Gasteiger partial charge in [-0.2, -0.15) is 0 Å². The molecule has 2 N–H and O–H groups in total. The van der Waals surface area contributed by atoms with Crippen LogP contribution >= 0.6 is 0 Å². The van der Waals surface area contributed by atoms with Crippen LogP contribution in [0.3, 0.4) is 0 Å². The molecule has 0 aliphatic carbocycles. The Hall–Kier alpha value is -1.91. The average molecular weight is 258 g/mol. The molecule has 100 valence electrons. The van der Waals surface area contributed by atoms with Crippen LogP contribution in [0.2, 0.25) is 0 Å². The zero-order chi connectivity index (χ0) is 13.5. The van der Waals surface area contributed by atoms with Crippen molar-refractivity contribution in [1.82, 2.24) is 4.98 Å². The van der Waals surface area contributed by atoms with Crippen molar-refractivity contribution in [2.24, 2.45) is 5.73 Å². The van der Waals surface area contributed by atoms with E-state index in [1.165, 1.54) is 0 Å². The predicted octanol–water partition coefficient (Wildman–Crippen LogP) is 2.31. The molecule has 0 aliphatic heterocycles. The van der Waals surface area contributed by atoms with Gasteiger partial charge in [-0.1, -0.05) is 18.2 Å². The third-order valence-electron chi connectivity index (χ3n) is 2.84. The van der Waals surface area contributed by atoms with Crippen LogP contribution in [0.1, 0.15) is 17.4 Å². The van der Waals surface area contributed by atoms with Crippen molar-refractivity contribution in [1.29, 1.82) is 0 Å². The number of rotatable bonds is 6. The van der Waals surface area contributed by atoms with Gasteiger partial charge in [0.25, 0.3) is 0 Å². The maximum absolute atomic E-state index is 5.81. The Bertz CT molecular complexity index is 485. The topological polar surface area (TPSA) is 57.4 Å². The number of methoxy groups -OCH3 is 1. The molecular weight excluding hydrogens is 240 g/mol. The van der Waals surface area contributed by atoms with Crippen molar-refractivity contribution in [2.45, 2.75) is 12.7 Å². The summed E-state index contributed by atoms with van der Waals surface area (Å²) >= 11 is 0. The molecule has 1 unspecified atom stereocenters. The summed E-state index contributed by atoms with van der Waals surface area (Å²) in [5, 5.41) is 0. The fraction of sp³-hybridized carbons (Fsp3) is 0.267. The quantitative estimate of drug-likeness (QED) is 0.863. The molecule has 4 heteroatoms. The number of aromatic nitrogens is 1. The number of nitrogens with two attached hydrogens (primary N) is 1. The van der Waals surface area contributed by atoms with Gasteiger partial charge in [0.1, 0.15) is 11.9 Å². The van der Waals surface area contributed by atoms with Crippen LogP contribution in [0, 0.1) is 0 Å². The first-order valence-electron chi connectivity index (χ1n) is 6.19. The van der Waals surface area contributed by atoms with Crippen molar-refractivity contribution in [3.63, 3.8) is 0 Å². The molecule has 0 saturated carbocycles. The lowest BCUT2D eigenvalue weighted by atomic mass is 10.2. The van der Waals surface area contributed by atoms with Crippen LogP contribution in [0.15, 0.2) is 48.7 Å². The zero-order valence-corrected chi connectivity index (χ0v) is 11.0.